The van der Waals surface area contributed by atoms with E-state index in [1.54, 1.807) is 27.7 Å². The first-order valence-corrected chi connectivity index (χ1v) is 15.0. The van der Waals surface area contributed by atoms with E-state index in [-0.39, 0.29) is 29.7 Å². The molecule has 1 heterocycles. The van der Waals surface area contributed by atoms with Crippen LogP contribution in [0.3, 0.4) is 0 Å². The predicted molar refractivity (Wildman–Crippen MR) is 161 cm³/mol. The van der Waals surface area contributed by atoms with Gasteiger partial charge in [-0.3, -0.25) is 14.4 Å². The lowest BCUT2D eigenvalue weighted by atomic mass is 9.38. The van der Waals surface area contributed by atoms with Crippen molar-refractivity contribution >= 4 is 17.3 Å². The fraction of sp³-hybridized carbons (Fsp3) is 0.686. The van der Waals surface area contributed by atoms with Gasteiger partial charge in [0, 0.05) is 17.9 Å². The monoisotopic (exact) mass is 552 g/mol. The number of carbonyl (C=O) groups is 3. The Kier molecular flexibility index (Phi) is 9.02. The summed E-state index contributed by atoms with van der Waals surface area (Å²) in [6, 6.07) is 0. The lowest BCUT2D eigenvalue weighted by Crippen LogP contribution is -2.70. The molecular formula is C35H52O5. The first-order chi connectivity index (χ1) is 18.4. The van der Waals surface area contributed by atoms with Gasteiger partial charge in [0.05, 0.1) is 11.0 Å². The van der Waals surface area contributed by atoms with Gasteiger partial charge in [-0.1, -0.05) is 55.7 Å². The van der Waals surface area contributed by atoms with E-state index in [2.05, 4.69) is 26.0 Å². The maximum Gasteiger partial charge on any atom is 0.184 e. The van der Waals surface area contributed by atoms with E-state index in [0.29, 0.717) is 43.4 Å². The van der Waals surface area contributed by atoms with Crippen LogP contribution >= 0.6 is 0 Å². The highest BCUT2D eigenvalue weighted by molar-refractivity contribution is 6.33. The summed E-state index contributed by atoms with van der Waals surface area (Å²) in [5, 5.41) is 10.9. The summed E-state index contributed by atoms with van der Waals surface area (Å²) in [4.78, 5) is 44.8. The number of carbonyl (C=O) groups excluding carboxylic acids is 3. The second-order valence-corrected chi connectivity index (χ2v) is 14.4. The van der Waals surface area contributed by atoms with Crippen LogP contribution in [0.2, 0.25) is 0 Å². The Hall–Kier alpha value is -2.27. The Balaban J connectivity index is 2.44. The number of hydrogen-bond acceptors (Lipinski definition) is 5. The SMILES string of the molecule is CC(C)=CCC[C@]1(C)[C@@H](CC=C(C)C)C[C@@]2(CC=C(C)C)C(=O)[C@]1(C(=O)C(C)C)C(=O)C1=C2O[C@@H](C(C)(C)O)C1. The summed E-state index contributed by atoms with van der Waals surface area (Å²) in [6.45, 7) is 21.2. The van der Waals surface area contributed by atoms with Gasteiger partial charge >= 0.3 is 0 Å². The molecule has 5 atom stereocenters. The van der Waals surface area contributed by atoms with Crippen molar-refractivity contribution in [1.82, 2.24) is 0 Å². The van der Waals surface area contributed by atoms with E-state index < -0.39 is 33.9 Å². The summed E-state index contributed by atoms with van der Waals surface area (Å²) >= 11 is 0. The van der Waals surface area contributed by atoms with Crippen LogP contribution in [-0.2, 0) is 19.1 Å². The van der Waals surface area contributed by atoms with Crippen LogP contribution in [0.4, 0.5) is 0 Å². The van der Waals surface area contributed by atoms with Gasteiger partial charge in [-0.25, -0.2) is 0 Å². The quantitative estimate of drug-likeness (QED) is 0.223. The molecule has 0 radical (unpaired) electrons. The van der Waals surface area contributed by atoms with E-state index in [1.807, 2.05) is 40.7 Å². The van der Waals surface area contributed by atoms with Gasteiger partial charge in [0.25, 0.3) is 0 Å². The number of allylic oxidation sites excluding steroid dienone is 7. The number of ketones is 3. The van der Waals surface area contributed by atoms with Gasteiger partial charge < -0.3 is 9.84 Å². The molecule has 5 nitrogen and oxygen atoms in total. The zero-order valence-electron chi connectivity index (χ0n) is 26.8. The molecule has 1 fully saturated rings. The highest BCUT2D eigenvalue weighted by Gasteiger charge is 2.77. The van der Waals surface area contributed by atoms with Gasteiger partial charge in [-0.2, -0.15) is 0 Å². The van der Waals surface area contributed by atoms with Crippen LogP contribution in [-0.4, -0.2) is 34.2 Å². The van der Waals surface area contributed by atoms with Gasteiger partial charge in [-0.05, 0) is 98.8 Å². The molecule has 3 aliphatic rings. The molecule has 5 heteroatoms. The van der Waals surface area contributed by atoms with Crippen LogP contribution in [0, 0.1) is 28.1 Å². The van der Waals surface area contributed by atoms with Gasteiger partial charge in [0.2, 0.25) is 0 Å². The molecule has 1 N–H and O–H groups in total. The van der Waals surface area contributed by atoms with Crippen molar-refractivity contribution in [3.63, 3.8) is 0 Å². The minimum Gasteiger partial charge on any atom is -0.490 e. The molecule has 0 amide bonds. The van der Waals surface area contributed by atoms with Crippen LogP contribution < -0.4 is 0 Å². The number of hydrogen-bond donors (Lipinski definition) is 1. The van der Waals surface area contributed by atoms with E-state index in [1.165, 1.54) is 11.1 Å². The molecule has 222 valence electrons. The Bertz CT molecular complexity index is 1180. The Labute approximate surface area is 242 Å². The molecule has 3 rings (SSSR count). The summed E-state index contributed by atoms with van der Waals surface area (Å²) in [5.41, 5.74) is -1.15. The van der Waals surface area contributed by atoms with Gasteiger partial charge in [0.1, 0.15) is 11.9 Å². The Morgan fingerprint density at radius 1 is 1.02 bits per heavy atom. The molecule has 0 aromatic carbocycles. The second kappa shape index (κ2) is 11.2. The topological polar surface area (TPSA) is 80.7 Å². The number of ether oxygens (including phenoxy) is 1. The van der Waals surface area contributed by atoms with Crippen molar-refractivity contribution in [2.75, 3.05) is 0 Å². The molecule has 2 aliphatic carbocycles. The highest BCUT2D eigenvalue weighted by atomic mass is 16.5. The highest BCUT2D eigenvalue weighted by Crippen LogP contribution is 2.69. The third-order valence-electron chi connectivity index (χ3n) is 9.67. The number of aliphatic hydroxyl groups is 1. The lowest BCUT2D eigenvalue weighted by Gasteiger charge is -2.61. The van der Waals surface area contributed by atoms with Crippen molar-refractivity contribution < 1.29 is 24.2 Å². The van der Waals surface area contributed by atoms with Crippen molar-refractivity contribution in [2.45, 2.75) is 126 Å². The minimum absolute atomic E-state index is 0.0956. The maximum atomic E-state index is 15.2. The van der Waals surface area contributed by atoms with Crippen molar-refractivity contribution in [1.29, 1.82) is 0 Å². The fourth-order valence-electron chi connectivity index (χ4n) is 7.33. The predicted octanol–water partition coefficient (Wildman–Crippen LogP) is 7.64. The van der Waals surface area contributed by atoms with Crippen LogP contribution in [0.25, 0.3) is 0 Å². The minimum atomic E-state index is -1.79. The normalized spacial score (nSPS) is 31.5. The molecule has 2 bridgehead atoms. The van der Waals surface area contributed by atoms with E-state index >= 15 is 4.79 Å². The molecule has 0 aromatic rings. The Morgan fingerprint density at radius 2 is 1.60 bits per heavy atom. The van der Waals surface area contributed by atoms with Crippen molar-refractivity contribution in [2.24, 2.45) is 28.1 Å². The maximum absolute atomic E-state index is 15.2. The zero-order valence-corrected chi connectivity index (χ0v) is 26.8. The van der Waals surface area contributed by atoms with Crippen LogP contribution in [0.1, 0.15) is 115 Å². The largest absolute Gasteiger partial charge is 0.490 e. The van der Waals surface area contributed by atoms with Crippen LogP contribution in [0.15, 0.2) is 46.3 Å². The van der Waals surface area contributed by atoms with Crippen molar-refractivity contribution in [3.8, 4) is 0 Å². The molecule has 0 spiro atoms. The third kappa shape index (κ3) is 5.12. The van der Waals surface area contributed by atoms with E-state index in [4.69, 9.17) is 4.74 Å². The average molecular weight is 553 g/mol. The van der Waals surface area contributed by atoms with Crippen LogP contribution in [0.5, 0.6) is 0 Å². The molecule has 0 unspecified atom stereocenters. The summed E-state index contributed by atoms with van der Waals surface area (Å²) in [6.07, 6.45) is 8.74. The van der Waals surface area contributed by atoms with Gasteiger partial charge in [0.15, 0.2) is 22.8 Å². The second-order valence-electron chi connectivity index (χ2n) is 14.4. The van der Waals surface area contributed by atoms with E-state index in [0.717, 1.165) is 5.57 Å². The average Bonchev–Trinajstić information content (AvgIpc) is 3.29. The molecule has 0 saturated heterocycles. The number of fused-ring (bicyclic) bond motifs is 3. The number of Topliss-reactive ketones (excluding diaryl/α,β-unsaturated/α-hetero) is 3. The van der Waals surface area contributed by atoms with Gasteiger partial charge in [-0.15, -0.1) is 0 Å². The molecule has 40 heavy (non-hydrogen) atoms. The third-order valence-corrected chi connectivity index (χ3v) is 9.67. The standard InChI is InChI=1S/C35H52O5/c1-21(2)13-12-17-33(11)25(15-14-22(3)4)20-34(18-16-23(5)6)30-26(19-27(40-30)32(9,10)39)29(37)35(33,31(34)38)28(36)24(7)8/h13-14,16,24-25,27,39H,12,15,17-20H2,1-11H3/t25-,27+,33+,34+,35-/m0/s1. The molecule has 1 aliphatic heterocycles. The first-order valence-electron chi connectivity index (χ1n) is 15.0. The first kappa shape index (κ1) is 32.2. The summed E-state index contributed by atoms with van der Waals surface area (Å²) in [7, 11) is 0. The zero-order chi connectivity index (χ0) is 30.4. The summed E-state index contributed by atoms with van der Waals surface area (Å²) in [5.74, 6) is -1.12. The van der Waals surface area contributed by atoms with Crippen molar-refractivity contribution in [3.05, 3.63) is 46.3 Å². The Morgan fingerprint density at radius 3 is 2.10 bits per heavy atom. The number of rotatable bonds is 10. The smallest absolute Gasteiger partial charge is 0.184 e. The summed E-state index contributed by atoms with van der Waals surface area (Å²) < 4.78 is 6.45. The molecule has 0 aromatic heterocycles. The molecule has 1 saturated carbocycles. The lowest BCUT2D eigenvalue weighted by molar-refractivity contribution is -0.181. The van der Waals surface area contributed by atoms with E-state index in [9.17, 15) is 14.7 Å². The molecular weight excluding hydrogens is 500 g/mol. The fourth-order valence-corrected chi connectivity index (χ4v) is 7.33.